The molecule has 124 valence electrons. The monoisotopic (exact) mass is 317 g/mol. The highest BCUT2D eigenvalue weighted by atomic mass is 16.6. The number of benzene rings is 1. The lowest BCUT2D eigenvalue weighted by Crippen LogP contribution is -2.47. The summed E-state index contributed by atoms with van der Waals surface area (Å²) in [6.07, 6.45) is 3.30. The Hall–Kier alpha value is -1.95. The number of nitro groups is 1. The van der Waals surface area contributed by atoms with Gasteiger partial charge in [-0.05, 0) is 45.8 Å². The maximum Gasteiger partial charge on any atom is 0.273 e. The van der Waals surface area contributed by atoms with Crippen molar-refractivity contribution in [3.8, 4) is 0 Å². The fourth-order valence-electron chi connectivity index (χ4n) is 3.99. The van der Waals surface area contributed by atoms with E-state index in [-0.39, 0.29) is 17.0 Å². The van der Waals surface area contributed by atoms with E-state index in [9.17, 15) is 14.9 Å². The summed E-state index contributed by atoms with van der Waals surface area (Å²) in [5, 5.41) is 11.1. The number of carbonyl (C=O) groups is 1. The zero-order chi connectivity index (χ0) is 16.6. The Morgan fingerprint density at radius 2 is 2.04 bits per heavy atom. The van der Waals surface area contributed by atoms with Gasteiger partial charge in [0.25, 0.3) is 11.6 Å². The molecule has 1 aromatic rings. The van der Waals surface area contributed by atoms with Gasteiger partial charge in [-0.1, -0.05) is 6.07 Å². The Morgan fingerprint density at radius 1 is 1.26 bits per heavy atom. The molecule has 2 aliphatic rings. The normalized spacial score (nSPS) is 25.0. The van der Waals surface area contributed by atoms with Gasteiger partial charge in [0, 0.05) is 42.2 Å². The van der Waals surface area contributed by atoms with Gasteiger partial charge in [0.05, 0.1) is 4.92 Å². The molecule has 6 nitrogen and oxygen atoms in total. The number of likely N-dealkylation sites (tertiary alicyclic amines) is 2. The summed E-state index contributed by atoms with van der Waals surface area (Å²) in [5.41, 5.74) is 1.23. The first kappa shape index (κ1) is 15.9. The lowest BCUT2D eigenvalue weighted by atomic mass is 9.79. The topological polar surface area (TPSA) is 66.7 Å². The van der Waals surface area contributed by atoms with Gasteiger partial charge in [-0.3, -0.25) is 14.9 Å². The molecule has 0 saturated carbocycles. The summed E-state index contributed by atoms with van der Waals surface area (Å²) in [7, 11) is 2.12. The van der Waals surface area contributed by atoms with Crippen molar-refractivity contribution in [1.82, 2.24) is 9.80 Å². The minimum Gasteiger partial charge on any atom is -0.338 e. The molecule has 0 bridgehead atoms. The molecular weight excluding hydrogens is 294 g/mol. The number of aryl methyl sites for hydroxylation is 1. The molecule has 23 heavy (non-hydrogen) atoms. The Labute approximate surface area is 136 Å². The fraction of sp³-hybridized carbons (Fsp3) is 0.588. The van der Waals surface area contributed by atoms with Crippen LogP contribution in [0.2, 0.25) is 0 Å². The standard InChI is InChI=1S/C17H23N3O3/c1-13-4-5-14(10-15(13)20(22)23)16(21)19-8-3-6-17(12-19)7-9-18(2)11-17/h4-5,10H,3,6-9,11-12H2,1-2H3/t17-/m0/s1. The van der Waals surface area contributed by atoms with Crippen LogP contribution in [0.25, 0.3) is 0 Å². The van der Waals surface area contributed by atoms with Crippen LogP contribution in [0.4, 0.5) is 5.69 Å². The number of nitro benzene ring substituents is 1. The zero-order valence-electron chi connectivity index (χ0n) is 13.7. The quantitative estimate of drug-likeness (QED) is 0.621. The van der Waals surface area contributed by atoms with Crippen LogP contribution in [0.3, 0.4) is 0 Å². The third-order valence-electron chi connectivity index (χ3n) is 5.23. The molecule has 1 amide bonds. The second-order valence-electron chi connectivity index (χ2n) is 7.08. The van der Waals surface area contributed by atoms with E-state index >= 15 is 0 Å². The van der Waals surface area contributed by atoms with Crippen LogP contribution in [0.1, 0.15) is 35.2 Å². The average Bonchev–Trinajstić information content (AvgIpc) is 2.87. The second kappa shape index (κ2) is 5.92. The molecule has 0 unspecified atom stereocenters. The van der Waals surface area contributed by atoms with Gasteiger partial charge in [-0.2, -0.15) is 0 Å². The Kier molecular flexibility index (Phi) is 4.10. The Bertz CT molecular complexity index is 642. The van der Waals surface area contributed by atoms with Crippen molar-refractivity contribution in [1.29, 1.82) is 0 Å². The van der Waals surface area contributed by atoms with Gasteiger partial charge < -0.3 is 9.80 Å². The summed E-state index contributed by atoms with van der Waals surface area (Å²) in [6.45, 7) is 5.31. The van der Waals surface area contributed by atoms with E-state index in [4.69, 9.17) is 0 Å². The highest BCUT2D eigenvalue weighted by Crippen LogP contribution is 2.38. The molecule has 0 aromatic heterocycles. The van der Waals surface area contributed by atoms with Crippen LogP contribution in [-0.2, 0) is 0 Å². The molecule has 2 aliphatic heterocycles. The molecule has 0 aliphatic carbocycles. The van der Waals surface area contributed by atoms with E-state index in [1.165, 1.54) is 6.07 Å². The van der Waals surface area contributed by atoms with E-state index in [0.29, 0.717) is 11.1 Å². The Balaban J connectivity index is 1.80. The van der Waals surface area contributed by atoms with Crippen LogP contribution >= 0.6 is 0 Å². The van der Waals surface area contributed by atoms with Crippen molar-refractivity contribution < 1.29 is 9.72 Å². The molecule has 6 heteroatoms. The van der Waals surface area contributed by atoms with Crippen molar-refractivity contribution in [3.63, 3.8) is 0 Å². The first-order chi connectivity index (χ1) is 10.9. The lowest BCUT2D eigenvalue weighted by Gasteiger charge is -2.40. The molecule has 0 N–H and O–H groups in total. The molecular formula is C17H23N3O3. The molecule has 1 aromatic carbocycles. The number of rotatable bonds is 2. The lowest BCUT2D eigenvalue weighted by molar-refractivity contribution is -0.385. The van der Waals surface area contributed by atoms with E-state index in [1.54, 1.807) is 19.1 Å². The first-order valence-corrected chi connectivity index (χ1v) is 8.13. The second-order valence-corrected chi connectivity index (χ2v) is 7.08. The highest BCUT2D eigenvalue weighted by Gasteiger charge is 2.41. The molecule has 1 spiro atoms. The maximum absolute atomic E-state index is 12.8. The van der Waals surface area contributed by atoms with E-state index < -0.39 is 4.92 Å². The summed E-state index contributed by atoms with van der Waals surface area (Å²) >= 11 is 0. The minimum absolute atomic E-state index is 0.0168. The summed E-state index contributed by atoms with van der Waals surface area (Å²) in [4.78, 5) is 27.7. The number of piperidine rings is 1. The van der Waals surface area contributed by atoms with Crippen LogP contribution in [-0.4, -0.2) is 53.9 Å². The van der Waals surface area contributed by atoms with Crippen LogP contribution in [0, 0.1) is 22.5 Å². The summed E-state index contributed by atoms with van der Waals surface area (Å²) in [5.74, 6) is -0.0817. The molecule has 2 heterocycles. The van der Waals surface area contributed by atoms with Crippen LogP contribution in [0.15, 0.2) is 18.2 Å². The number of carbonyl (C=O) groups excluding carboxylic acids is 1. The van der Waals surface area contributed by atoms with E-state index in [0.717, 1.165) is 45.4 Å². The molecule has 2 saturated heterocycles. The average molecular weight is 317 g/mol. The number of amides is 1. The smallest absolute Gasteiger partial charge is 0.273 e. The third kappa shape index (κ3) is 3.08. The van der Waals surface area contributed by atoms with Crippen LogP contribution in [0.5, 0.6) is 0 Å². The first-order valence-electron chi connectivity index (χ1n) is 8.13. The highest BCUT2D eigenvalue weighted by molar-refractivity contribution is 5.95. The summed E-state index contributed by atoms with van der Waals surface area (Å²) < 4.78 is 0. The number of nitrogens with zero attached hydrogens (tertiary/aromatic N) is 3. The zero-order valence-corrected chi connectivity index (χ0v) is 13.7. The predicted octanol–water partition coefficient (Wildman–Crippen LogP) is 2.46. The van der Waals surface area contributed by atoms with Gasteiger partial charge in [0.1, 0.15) is 0 Å². The summed E-state index contributed by atoms with van der Waals surface area (Å²) in [6, 6.07) is 4.78. The van der Waals surface area contributed by atoms with Crippen molar-refractivity contribution >= 4 is 11.6 Å². The van der Waals surface area contributed by atoms with Gasteiger partial charge in [0.15, 0.2) is 0 Å². The van der Waals surface area contributed by atoms with Gasteiger partial charge >= 0.3 is 0 Å². The van der Waals surface area contributed by atoms with Crippen molar-refractivity contribution in [2.45, 2.75) is 26.2 Å². The van der Waals surface area contributed by atoms with Crippen LogP contribution < -0.4 is 0 Å². The predicted molar refractivity (Wildman–Crippen MR) is 87.5 cm³/mol. The fourth-order valence-corrected chi connectivity index (χ4v) is 3.99. The minimum atomic E-state index is -0.421. The van der Waals surface area contributed by atoms with Crippen molar-refractivity contribution in [2.75, 3.05) is 33.2 Å². The SMILES string of the molecule is Cc1ccc(C(=O)N2CCC[C@@]3(CCN(C)C3)C2)cc1[N+](=O)[O-]. The van der Waals surface area contributed by atoms with Gasteiger partial charge in [0.2, 0.25) is 0 Å². The van der Waals surface area contributed by atoms with E-state index in [2.05, 4.69) is 11.9 Å². The van der Waals surface area contributed by atoms with Gasteiger partial charge in [-0.25, -0.2) is 0 Å². The largest absolute Gasteiger partial charge is 0.338 e. The molecule has 0 radical (unpaired) electrons. The maximum atomic E-state index is 12.8. The molecule has 3 rings (SSSR count). The van der Waals surface area contributed by atoms with Crippen molar-refractivity contribution in [2.24, 2.45) is 5.41 Å². The van der Waals surface area contributed by atoms with E-state index in [1.807, 2.05) is 4.90 Å². The molecule has 2 fully saturated rings. The molecule has 1 atom stereocenters. The number of hydrogen-bond donors (Lipinski definition) is 0. The van der Waals surface area contributed by atoms with Gasteiger partial charge in [-0.15, -0.1) is 0 Å². The number of hydrogen-bond acceptors (Lipinski definition) is 4. The van der Waals surface area contributed by atoms with Crippen molar-refractivity contribution in [3.05, 3.63) is 39.4 Å². The Morgan fingerprint density at radius 3 is 2.70 bits per heavy atom. The third-order valence-corrected chi connectivity index (χ3v) is 5.23.